The number of aliphatic carboxylic acids is 1. The number of amides is 3. The lowest BCUT2D eigenvalue weighted by molar-refractivity contribution is -0.141. The van der Waals surface area contributed by atoms with Gasteiger partial charge in [0.15, 0.2) is 0 Å². The molecule has 0 aliphatic carbocycles. The van der Waals surface area contributed by atoms with Crippen LogP contribution in [-0.4, -0.2) is 52.7 Å². The number of primary amides is 1. The van der Waals surface area contributed by atoms with Crippen LogP contribution in [0.3, 0.4) is 0 Å². The van der Waals surface area contributed by atoms with Crippen molar-refractivity contribution in [3.8, 4) is 0 Å². The zero-order chi connectivity index (χ0) is 20.4. The van der Waals surface area contributed by atoms with E-state index in [1.165, 1.54) is 0 Å². The van der Waals surface area contributed by atoms with E-state index in [0.29, 0.717) is 0 Å². The number of hydrogen-bond acceptors (Lipinski definition) is 6. The maximum atomic E-state index is 12.5. The lowest BCUT2D eigenvalue weighted by Crippen LogP contribution is -2.55. The summed E-state index contributed by atoms with van der Waals surface area (Å²) in [5.74, 6) is -3.23. The molecule has 10 heteroatoms. The number of nitrogens with two attached hydrogens (primary N) is 2. The van der Waals surface area contributed by atoms with Crippen molar-refractivity contribution in [1.29, 1.82) is 0 Å². The van der Waals surface area contributed by atoms with Gasteiger partial charge in [-0.2, -0.15) is 12.6 Å². The fourth-order valence-corrected chi connectivity index (χ4v) is 2.47. The standard InChI is InChI=1S/C17H24N4O5S/c18-11(6-7-14(19)22)15(23)20-12(8-10-4-2-1-3-5-10)16(24)21-13(9-27)17(25)26/h1-5,11-13,27H,6-9,18H2,(H2,19,22)(H,20,23)(H,21,24)(H,25,26). The van der Waals surface area contributed by atoms with Crippen molar-refractivity contribution >= 4 is 36.3 Å². The lowest BCUT2D eigenvalue weighted by Gasteiger charge is -2.22. The third kappa shape index (κ3) is 8.09. The predicted molar refractivity (Wildman–Crippen MR) is 102 cm³/mol. The third-order valence-corrected chi connectivity index (χ3v) is 4.12. The Morgan fingerprint density at radius 2 is 1.63 bits per heavy atom. The number of benzene rings is 1. The summed E-state index contributed by atoms with van der Waals surface area (Å²) in [6.45, 7) is 0. The highest BCUT2D eigenvalue weighted by molar-refractivity contribution is 7.80. The summed E-state index contributed by atoms with van der Waals surface area (Å²) in [6, 6.07) is 5.64. The summed E-state index contributed by atoms with van der Waals surface area (Å²) >= 11 is 3.90. The number of rotatable bonds is 11. The van der Waals surface area contributed by atoms with Gasteiger partial charge in [-0.3, -0.25) is 14.4 Å². The van der Waals surface area contributed by atoms with E-state index in [0.717, 1.165) is 5.56 Å². The molecule has 0 fully saturated rings. The molecule has 0 bridgehead atoms. The number of thiol groups is 1. The quantitative estimate of drug-likeness (QED) is 0.257. The van der Waals surface area contributed by atoms with E-state index in [4.69, 9.17) is 16.6 Å². The zero-order valence-corrected chi connectivity index (χ0v) is 15.5. The number of carboxylic acid groups (broad SMARTS) is 1. The molecule has 0 saturated carbocycles. The van der Waals surface area contributed by atoms with E-state index in [1.807, 2.05) is 0 Å². The first kappa shape index (κ1) is 22.5. The Balaban J connectivity index is 2.86. The number of carbonyl (C=O) groups excluding carboxylic acids is 3. The molecule has 0 aromatic heterocycles. The van der Waals surface area contributed by atoms with Gasteiger partial charge in [-0.25, -0.2) is 4.79 Å². The van der Waals surface area contributed by atoms with Gasteiger partial charge < -0.3 is 27.2 Å². The Morgan fingerprint density at radius 1 is 1.04 bits per heavy atom. The molecule has 0 spiro atoms. The van der Waals surface area contributed by atoms with Crippen LogP contribution in [0.5, 0.6) is 0 Å². The summed E-state index contributed by atoms with van der Waals surface area (Å²) in [6.07, 6.45) is 0.111. The van der Waals surface area contributed by atoms with Crippen LogP contribution < -0.4 is 22.1 Å². The number of carboxylic acids is 1. The molecule has 1 aromatic rings. The van der Waals surface area contributed by atoms with Crippen LogP contribution in [0.4, 0.5) is 0 Å². The molecule has 9 nitrogen and oxygen atoms in total. The Kier molecular flexibility index (Phi) is 9.31. The van der Waals surface area contributed by atoms with Crippen LogP contribution in [0, 0.1) is 0 Å². The molecule has 0 radical (unpaired) electrons. The SMILES string of the molecule is NC(=O)CCC(N)C(=O)NC(Cc1ccccc1)C(=O)NC(CS)C(=O)O. The van der Waals surface area contributed by atoms with Gasteiger partial charge in [-0.15, -0.1) is 0 Å². The molecule has 3 atom stereocenters. The van der Waals surface area contributed by atoms with Crippen LogP contribution in [-0.2, 0) is 25.6 Å². The summed E-state index contributed by atoms with van der Waals surface area (Å²) in [4.78, 5) is 46.7. The van der Waals surface area contributed by atoms with E-state index in [2.05, 4.69) is 23.3 Å². The highest BCUT2D eigenvalue weighted by Crippen LogP contribution is 2.05. The fourth-order valence-electron chi connectivity index (χ4n) is 2.22. The first-order valence-electron chi connectivity index (χ1n) is 8.26. The first-order chi connectivity index (χ1) is 12.7. The van der Waals surface area contributed by atoms with Crippen molar-refractivity contribution in [2.75, 3.05) is 5.75 Å². The minimum atomic E-state index is -1.23. The van der Waals surface area contributed by atoms with Crippen LogP contribution >= 0.6 is 12.6 Å². The summed E-state index contributed by atoms with van der Waals surface area (Å²) in [7, 11) is 0. The molecule has 0 aliphatic rings. The molecular weight excluding hydrogens is 372 g/mol. The molecule has 0 aliphatic heterocycles. The molecule has 148 valence electrons. The maximum absolute atomic E-state index is 12.5. The van der Waals surface area contributed by atoms with Gasteiger partial charge in [-0.05, 0) is 12.0 Å². The third-order valence-electron chi connectivity index (χ3n) is 3.75. The van der Waals surface area contributed by atoms with E-state index >= 15 is 0 Å². The summed E-state index contributed by atoms with van der Waals surface area (Å²) in [5.41, 5.74) is 11.5. The molecule has 27 heavy (non-hydrogen) atoms. The van der Waals surface area contributed by atoms with Gasteiger partial charge >= 0.3 is 5.97 Å². The highest BCUT2D eigenvalue weighted by Gasteiger charge is 2.27. The number of nitrogens with one attached hydrogen (secondary N) is 2. The smallest absolute Gasteiger partial charge is 0.327 e. The molecule has 7 N–H and O–H groups in total. The van der Waals surface area contributed by atoms with Gasteiger partial charge in [-0.1, -0.05) is 30.3 Å². The second-order valence-corrected chi connectivity index (χ2v) is 6.31. The van der Waals surface area contributed by atoms with Gasteiger partial charge in [0.1, 0.15) is 12.1 Å². The summed E-state index contributed by atoms with van der Waals surface area (Å²) in [5, 5.41) is 13.9. The number of carbonyl (C=O) groups is 4. The minimum absolute atomic E-state index is 0.0369. The van der Waals surface area contributed by atoms with Crippen molar-refractivity contribution in [2.45, 2.75) is 37.4 Å². The monoisotopic (exact) mass is 396 g/mol. The minimum Gasteiger partial charge on any atom is -0.480 e. The van der Waals surface area contributed by atoms with Gasteiger partial charge in [0.2, 0.25) is 17.7 Å². The van der Waals surface area contributed by atoms with Crippen LogP contribution in [0.25, 0.3) is 0 Å². The maximum Gasteiger partial charge on any atom is 0.327 e. The average Bonchev–Trinajstić information content (AvgIpc) is 2.63. The van der Waals surface area contributed by atoms with E-state index in [9.17, 15) is 19.2 Å². The van der Waals surface area contributed by atoms with Crippen LogP contribution in [0.1, 0.15) is 18.4 Å². The Labute approximate surface area is 162 Å². The second kappa shape index (κ2) is 11.2. The fraction of sp³-hybridized carbons (Fsp3) is 0.412. The molecule has 3 amide bonds. The normalized spacial score (nSPS) is 13.9. The number of hydrogen-bond donors (Lipinski definition) is 6. The molecular formula is C17H24N4O5S. The highest BCUT2D eigenvalue weighted by atomic mass is 32.1. The predicted octanol–water partition coefficient (Wildman–Crippen LogP) is -1.19. The average molecular weight is 396 g/mol. The largest absolute Gasteiger partial charge is 0.480 e. The van der Waals surface area contributed by atoms with Crippen molar-refractivity contribution in [3.63, 3.8) is 0 Å². The van der Waals surface area contributed by atoms with Crippen molar-refractivity contribution in [2.24, 2.45) is 11.5 Å². The molecule has 1 rings (SSSR count). The zero-order valence-electron chi connectivity index (χ0n) is 14.6. The van der Waals surface area contributed by atoms with Crippen molar-refractivity contribution in [3.05, 3.63) is 35.9 Å². The first-order valence-corrected chi connectivity index (χ1v) is 8.90. The van der Waals surface area contributed by atoms with Crippen molar-refractivity contribution < 1.29 is 24.3 Å². The van der Waals surface area contributed by atoms with Crippen molar-refractivity contribution in [1.82, 2.24) is 10.6 Å². The van der Waals surface area contributed by atoms with Crippen LogP contribution in [0.2, 0.25) is 0 Å². The Morgan fingerprint density at radius 3 is 2.15 bits per heavy atom. The summed E-state index contributed by atoms with van der Waals surface area (Å²) < 4.78 is 0. The van der Waals surface area contributed by atoms with Gasteiger partial charge in [0.25, 0.3) is 0 Å². The molecule has 1 aromatic carbocycles. The molecule has 3 unspecified atom stereocenters. The second-order valence-electron chi connectivity index (χ2n) is 5.94. The molecule has 0 heterocycles. The Bertz CT molecular complexity index is 671. The van der Waals surface area contributed by atoms with Crippen LogP contribution in [0.15, 0.2) is 30.3 Å². The van der Waals surface area contributed by atoms with E-state index in [-0.39, 0.29) is 25.0 Å². The van der Waals surface area contributed by atoms with Gasteiger partial charge in [0, 0.05) is 18.6 Å². The van der Waals surface area contributed by atoms with Gasteiger partial charge in [0.05, 0.1) is 6.04 Å². The Hall–Kier alpha value is -2.59. The van der Waals surface area contributed by atoms with E-state index in [1.54, 1.807) is 30.3 Å². The molecule has 0 saturated heterocycles. The lowest BCUT2D eigenvalue weighted by atomic mass is 10.0. The van der Waals surface area contributed by atoms with E-state index < -0.39 is 41.8 Å². The topological polar surface area (TPSA) is 165 Å².